The van der Waals surface area contributed by atoms with Crippen molar-refractivity contribution in [3.8, 4) is 28.4 Å². The van der Waals surface area contributed by atoms with Crippen molar-refractivity contribution in [1.29, 1.82) is 0 Å². The number of carbonyl (C=O) groups excluding carboxylic acids is 1. The number of phenols is 2. The van der Waals surface area contributed by atoms with Crippen molar-refractivity contribution < 1.29 is 19.7 Å². The van der Waals surface area contributed by atoms with Crippen molar-refractivity contribution in [2.24, 2.45) is 0 Å². The number of methoxy groups -OCH3 is 1. The number of hydrogen-bond acceptors (Lipinski definition) is 5. The third kappa shape index (κ3) is 2.74. The van der Waals surface area contributed by atoms with Crippen LogP contribution in [0.25, 0.3) is 16.9 Å². The van der Waals surface area contributed by atoms with Gasteiger partial charge in [-0.15, -0.1) is 0 Å². The van der Waals surface area contributed by atoms with Gasteiger partial charge < -0.3 is 14.9 Å². The Labute approximate surface area is 132 Å². The molecule has 1 heterocycles. The van der Waals surface area contributed by atoms with Crippen LogP contribution >= 0.6 is 0 Å². The highest BCUT2D eigenvalue weighted by atomic mass is 16.5. The van der Waals surface area contributed by atoms with Crippen LogP contribution in [0.2, 0.25) is 0 Å². The number of benzene rings is 2. The van der Waals surface area contributed by atoms with Gasteiger partial charge in [-0.3, -0.25) is 0 Å². The summed E-state index contributed by atoms with van der Waals surface area (Å²) < 4.78 is 6.30. The number of aromatic nitrogens is 2. The average molecular weight is 310 g/mol. The number of esters is 1. The number of carbonyl (C=O) groups is 1. The van der Waals surface area contributed by atoms with E-state index < -0.39 is 5.97 Å². The summed E-state index contributed by atoms with van der Waals surface area (Å²) >= 11 is 0. The summed E-state index contributed by atoms with van der Waals surface area (Å²) in [7, 11) is 1.29. The fourth-order valence-electron chi connectivity index (χ4n) is 2.24. The molecule has 0 amide bonds. The number of phenolic OH excluding ortho intramolecular Hbond substituents is 2. The molecule has 6 heteroatoms. The fourth-order valence-corrected chi connectivity index (χ4v) is 2.24. The molecule has 2 aromatic carbocycles. The Bertz CT molecular complexity index is 856. The molecule has 116 valence electrons. The average Bonchev–Trinajstić information content (AvgIpc) is 3.03. The van der Waals surface area contributed by atoms with Crippen LogP contribution in [0.4, 0.5) is 0 Å². The fraction of sp³-hybridized carbons (Fsp3) is 0.0588. The molecule has 0 aliphatic carbocycles. The second-order valence-electron chi connectivity index (χ2n) is 4.86. The predicted octanol–water partition coefficient (Wildman–Crippen LogP) is 2.74. The van der Waals surface area contributed by atoms with Crippen LogP contribution in [0.3, 0.4) is 0 Å². The van der Waals surface area contributed by atoms with Crippen molar-refractivity contribution in [3.05, 3.63) is 60.3 Å². The number of nitrogens with zero attached hydrogens (tertiary/aromatic N) is 2. The van der Waals surface area contributed by atoms with Crippen LogP contribution in [0.15, 0.2) is 54.6 Å². The third-order valence-corrected chi connectivity index (χ3v) is 3.38. The van der Waals surface area contributed by atoms with Crippen molar-refractivity contribution >= 4 is 5.97 Å². The SMILES string of the molecule is COC(=O)c1cc(-c2ccc(O)c(O)c2)n(-c2ccccc2)n1. The van der Waals surface area contributed by atoms with Gasteiger partial charge in [-0.05, 0) is 36.4 Å². The summed E-state index contributed by atoms with van der Waals surface area (Å²) in [5.41, 5.74) is 2.10. The molecule has 3 aromatic rings. The van der Waals surface area contributed by atoms with E-state index in [1.54, 1.807) is 16.8 Å². The molecule has 0 saturated heterocycles. The molecule has 0 atom stereocenters. The van der Waals surface area contributed by atoms with Gasteiger partial charge in [-0.2, -0.15) is 5.10 Å². The first-order chi connectivity index (χ1) is 11.1. The zero-order valence-corrected chi connectivity index (χ0v) is 12.3. The monoisotopic (exact) mass is 310 g/mol. The predicted molar refractivity (Wildman–Crippen MR) is 83.7 cm³/mol. The minimum atomic E-state index is -0.552. The van der Waals surface area contributed by atoms with Crippen LogP contribution in [-0.4, -0.2) is 33.1 Å². The molecule has 3 rings (SSSR count). The van der Waals surface area contributed by atoms with Gasteiger partial charge in [0.1, 0.15) is 0 Å². The van der Waals surface area contributed by atoms with Gasteiger partial charge in [-0.25, -0.2) is 9.48 Å². The molecule has 0 spiro atoms. The van der Waals surface area contributed by atoms with E-state index in [2.05, 4.69) is 5.10 Å². The number of rotatable bonds is 3. The summed E-state index contributed by atoms with van der Waals surface area (Å²) in [5, 5.41) is 23.5. The molecule has 0 unspecified atom stereocenters. The van der Waals surface area contributed by atoms with Gasteiger partial charge in [0.2, 0.25) is 0 Å². The van der Waals surface area contributed by atoms with E-state index in [1.165, 1.54) is 19.2 Å². The van der Waals surface area contributed by atoms with Crippen LogP contribution in [0.5, 0.6) is 11.5 Å². The van der Waals surface area contributed by atoms with Crippen LogP contribution in [-0.2, 0) is 4.74 Å². The number of aromatic hydroxyl groups is 2. The molecule has 2 N–H and O–H groups in total. The van der Waals surface area contributed by atoms with Crippen LogP contribution in [0.1, 0.15) is 10.5 Å². The molecule has 0 bridgehead atoms. The Balaban J connectivity index is 2.19. The van der Waals surface area contributed by atoms with E-state index >= 15 is 0 Å². The van der Waals surface area contributed by atoms with Crippen molar-refractivity contribution in [2.45, 2.75) is 0 Å². The summed E-state index contributed by atoms with van der Waals surface area (Å²) in [6.45, 7) is 0. The maximum atomic E-state index is 11.8. The lowest BCUT2D eigenvalue weighted by molar-refractivity contribution is 0.0593. The Morgan fingerprint density at radius 3 is 2.43 bits per heavy atom. The number of ether oxygens (including phenoxy) is 1. The first-order valence-electron chi connectivity index (χ1n) is 6.86. The Morgan fingerprint density at radius 2 is 1.78 bits per heavy atom. The van der Waals surface area contributed by atoms with Gasteiger partial charge in [0, 0.05) is 5.56 Å². The Kier molecular flexibility index (Phi) is 3.72. The van der Waals surface area contributed by atoms with Gasteiger partial charge in [0.25, 0.3) is 0 Å². The molecule has 0 radical (unpaired) electrons. The van der Waals surface area contributed by atoms with E-state index in [9.17, 15) is 15.0 Å². The molecule has 1 aromatic heterocycles. The van der Waals surface area contributed by atoms with Gasteiger partial charge in [0.15, 0.2) is 17.2 Å². The largest absolute Gasteiger partial charge is 0.504 e. The molecule has 0 saturated carbocycles. The number of para-hydroxylation sites is 1. The maximum Gasteiger partial charge on any atom is 0.358 e. The first-order valence-corrected chi connectivity index (χ1v) is 6.86. The zero-order valence-electron chi connectivity index (χ0n) is 12.3. The van der Waals surface area contributed by atoms with Gasteiger partial charge in [0.05, 0.1) is 18.5 Å². The van der Waals surface area contributed by atoms with Crippen molar-refractivity contribution in [1.82, 2.24) is 9.78 Å². The minimum absolute atomic E-state index is 0.152. The van der Waals surface area contributed by atoms with Crippen LogP contribution < -0.4 is 0 Å². The summed E-state index contributed by atoms with van der Waals surface area (Å²) in [6.07, 6.45) is 0. The summed E-state index contributed by atoms with van der Waals surface area (Å²) in [5.74, 6) is -1.01. The van der Waals surface area contributed by atoms with E-state index in [4.69, 9.17) is 4.74 Å². The highest BCUT2D eigenvalue weighted by Gasteiger charge is 2.17. The third-order valence-electron chi connectivity index (χ3n) is 3.38. The molecule has 6 nitrogen and oxygen atoms in total. The topological polar surface area (TPSA) is 84.6 Å². The standard InChI is InChI=1S/C17H14N2O4/c1-23-17(22)13-10-14(11-7-8-15(20)16(21)9-11)19(18-13)12-5-3-2-4-6-12/h2-10,20-21H,1H3. The second kappa shape index (κ2) is 5.84. The van der Waals surface area contributed by atoms with Crippen LogP contribution in [0, 0.1) is 0 Å². The Hall–Kier alpha value is -3.28. The van der Waals surface area contributed by atoms with E-state index in [0.717, 1.165) is 5.69 Å². The summed E-state index contributed by atoms with van der Waals surface area (Å²) in [6, 6.07) is 15.3. The first kappa shape index (κ1) is 14.6. The lowest BCUT2D eigenvalue weighted by Crippen LogP contribution is -2.04. The lowest BCUT2D eigenvalue weighted by atomic mass is 10.1. The smallest absolute Gasteiger partial charge is 0.358 e. The molecule has 23 heavy (non-hydrogen) atoms. The van der Waals surface area contributed by atoms with E-state index in [-0.39, 0.29) is 17.2 Å². The van der Waals surface area contributed by atoms with Gasteiger partial charge >= 0.3 is 5.97 Å². The van der Waals surface area contributed by atoms with Gasteiger partial charge in [-0.1, -0.05) is 18.2 Å². The lowest BCUT2D eigenvalue weighted by Gasteiger charge is -2.08. The van der Waals surface area contributed by atoms with E-state index in [0.29, 0.717) is 11.3 Å². The quantitative estimate of drug-likeness (QED) is 0.574. The van der Waals surface area contributed by atoms with E-state index in [1.807, 2.05) is 30.3 Å². The maximum absolute atomic E-state index is 11.8. The van der Waals surface area contributed by atoms with Crippen molar-refractivity contribution in [2.75, 3.05) is 7.11 Å². The normalized spacial score (nSPS) is 10.5. The highest BCUT2D eigenvalue weighted by molar-refractivity contribution is 5.89. The zero-order chi connectivity index (χ0) is 16.4. The minimum Gasteiger partial charge on any atom is -0.504 e. The van der Waals surface area contributed by atoms with Crippen molar-refractivity contribution in [3.63, 3.8) is 0 Å². The second-order valence-corrected chi connectivity index (χ2v) is 4.86. The molecular formula is C17H14N2O4. The Morgan fingerprint density at radius 1 is 1.04 bits per heavy atom. The molecular weight excluding hydrogens is 296 g/mol. The molecule has 0 fully saturated rings. The highest BCUT2D eigenvalue weighted by Crippen LogP contribution is 2.32. The molecule has 0 aliphatic heterocycles. The molecule has 0 aliphatic rings. The summed E-state index contributed by atoms with van der Waals surface area (Å²) in [4.78, 5) is 11.8. The number of hydrogen-bond donors (Lipinski definition) is 2.